The van der Waals surface area contributed by atoms with Crippen LogP contribution in [0.3, 0.4) is 0 Å². The van der Waals surface area contributed by atoms with E-state index in [0.29, 0.717) is 12.0 Å². The SMILES string of the molecule is CC1CNC(C)CCN(Cc2ccc(F)cc2)C1. The van der Waals surface area contributed by atoms with Crippen molar-refractivity contribution in [2.45, 2.75) is 32.9 Å². The van der Waals surface area contributed by atoms with E-state index in [4.69, 9.17) is 0 Å². The summed E-state index contributed by atoms with van der Waals surface area (Å²) in [5.41, 5.74) is 1.20. The molecule has 1 aliphatic rings. The van der Waals surface area contributed by atoms with Crippen LogP contribution in [0.5, 0.6) is 0 Å². The van der Waals surface area contributed by atoms with Gasteiger partial charge in [-0.25, -0.2) is 4.39 Å². The van der Waals surface area contributed by atoms with Crippen molar-refractivity contribution >= 4 is 0 Å². The second kappa shape index (κ2) is 6.30. The number of benzene rings is 1. The van der Waals surface area contributed by atoms with Crippen LogP contribution >= 0.6 is 0 Å². The highest BCUT2D eigenvalue weighted by atomic mass is 19.1. The fourth-order valence-electron chi connectivity index (χ4n) is 2.47. The van der Waals surface area contributed by atoms with Gasteiger partial charge in [0.15, 0.2) is 0 Å². The summed E-state index contributed by atoms with van der Waals surface area (Å²) in [6, 6.07) is 7.46. The lowest BCUT2D eigenvalue weighted by Gasteiger charge is -2.31. The summed E-state index contributed by atoms with van der Waals surface area (Å²) in [4.78, 5) is 2.48. The molecule has 2 rings (SSSR count). The average molecular weight is 250 g/mol. The van der Waals surface area contributed by atoms with Crippen LogP contribution in [0.25, 0.3) is 0 Å². The van der Waals surface area contributed by atoms with E-state index >= 15 is 0 Å². The molecule has 3 heteroatoms. The molecule has 1 aliphatic heterocycles. The molecule has 0 spiro atoms. The van der Waals surface area contributed by atoms with Gasteiger partial charge in [-0.15, -0.1) is 0 Å². The summed E-state index contributed by atoms with van der Waals surface area (Å²) in [5.74, 6) is 0.505. The molecular formula is C15H23FN2. The predicted molar refractivity (Wildman–Crippen MR) is 72.9 cm³/mol. The summed E-state index contributed by atoms with van der Waals surface area (Å²) in [7, 11) is 0. The van der Waals surface area contributed by atoms with Crippen molar-refractivity contribution in [3.8, 4) is 0 Å². The molecule has 1 aromatic carbocycles. The minimum atomic E-state index is -0.155. The van der Waals surface area contributed by atoms with Gasteiger partial charge < -0.3 is 5.32 Å². The van der Waals surface area contributed by atoms with Crippen LogP contribution in [-0.2, 0) is 6.54 Å². The molecule has 2 atom stereocenters. The van der Waals surface area contributed by atoms with E-state index < -0.39 is 0 Å². The molecule has 0 saturated carbocycles. The van der Waals surface area contributed by atoms with Crippen LogP contribution in [0.2, 0.25) is 0 Å². The Balaban J connectivity index is 1.95. The Hall–Kier alpha value is -0.930. The number of nitrogens with zero attached hydrogens (tertiary/aromatic N) is 1. The van der Waals surface area contributed by atoms with E-state index in [-0.39, 0.29) is 5.82 Å². The first-order valence-corrected chi connectivity index (χ1v) is 6.83. The van der Waals surface area contributed by atoms with Gasteiger partial charge in [-0.3, -0.25) is 4.90 Å². The molecule has 100 valence electrons. The maximum atomic E-state index is 12.9. The summed E-state index contributed by atoms with van der Waals surface area (Å²) in [5, 5.41) is 3.55. The van der Waals surface area contributed by atoms with Crippen molar-refractivity contribution in [2.75, 3.05) is 19.6 Å². The van der Waals surface area contributed by atoms with E-state index in [1.54, 1.807) is 12.1 Å². The molecule has 1 heterocycles. The molecule has 0 radical (unpaired) electrons. The molecule has 1 saturated heterocycles. The third-order valence-corrected chi connectivity index (χ3v) is 3.58. The minimum Gasteiger partial charge on any atom is -0.314 e. The van der Waals surface area contributed by atoms with Gasteiger partial charge in [-0.2, -0.15) is 0 Å². The van der Waals surface area contributed by atoms with E-state index in [1.807, 2.05) is 12.1 Å². The largest absolute Gasteiger partial charge is 0.314 e. The van der Waals surface area contributed by atoms with Crippen LogP contribution < -0.4 is 5.32 Å². The maximum Gasteiger partial charge on any atom is 0.123 e. The Bertz CT molecular complexity index is 363. The predicted octanol–water partition coefficient (Wildman–Crippen LogP) is 2.65. The normalized spacial score (nSPS) is 26.6. The molecule has 0 amide bonds. The van der Waals surface area contributed by atoms with Crippen molar-refractivity contribution in [1.29, 1.82) is 0 Å². The molecule has 0 aromatic heterocycles. The number of hydrogen-bond acceptors (Lipinski definition) is 2. The van der Waals surface area contributed by atoms with E-state index in [1.165, 1.54) is 12.0 Å². The number of nitrogens with one attached hydrogen (secondary N) is 1. The Labute approximate surface area is 109 Å². The summed E-state index contributed by atoms with van der Waals surface area (Å²) in [6.07, 6.45) is 1.17. The molecule has 1 N–H and O–H groups in total. The van der Waals surface area contributed by atoms with Gasteiger partial charge in [0.05, 0.1) is 0 Å². The Morgan fingerprint density at radius 1 is 1.28 bits per heavy atom. The van der Waals surface area contributed by atoms with Gasteiger partial charge in [-0.1, -0.05) is 19.1 Å². The van der Waals surface area contributed by atoms with Crippen LogP contribution in [0.4, 0.5) is 4.39 Å². The summed E-state index contributed by atoms with van der Waals surface area (Å²) < 4.78 is 12.9. The van der Waals surface area contributed by atoms with Crippen molar-refractivity contribution in [3.63, 3.8) is 0 Å². The first-order valence-electron chi connectivity index (χ1n) is 6.83. The molecule has 0 bridgehead atoms. The maximum absolute atomic E-state index is 12.9. The Kier molecular flexibility index (Phi) is 4.72. The van der Waals surface area contributed by atoms with Crippen LogP contribution in [0.15, 0.2) is 24.3 Å². The third kappa shape index (κ3) is 4.07. The van der Waals surface area contributed by atoms with Crippen LogP contribution in [0.1, 0.15) is 25.8 Å². The summed E-state index contributed by atoms with van der Waals surface area (Å²) in [6.45, 7) is 8.75. The van der Waals surface area contributed by atoms with E-state index in [0.717, 1.165) is 26.2 Å². The quantitative estimate of drug-likeness (QED) is 0.868. The number of rotatable bonds is 2. The van der Waals surface area contributed by atoms with Crippen molar-refractivity contribution in [2.24, 2.45) is 5.92 Å². The minimum absolute atomic E-state index is 0.155. The number of hydrogen-bond donors (Lipinski definition) is 1. The lowest BCUT2D eigenvalue weighted by molar-refractivity contribution is 0.195. The zero-order valence-electron chi connectivity index (χ0n) is 11.3. The molecule has 1 fully saturated rings. The zero-order chi connectivity index (χ0) is 13.0. The smallest absolute Gasteiger partial charge is 0.123 e. The molecule has 2 nitrogen and oxygen atoms in total. The van der Waals surface area contributed by atoms with Crippen LogP contribution in [-0.4, -0.2) is 30.6 Å². The second-order valence-corrected chi connectivity index (χ2v) is 5.56. The van der Waals surface area contributed by atoms with Gasteiger partial charge in [0.1, 0.15) is 5.82 Å². The first kappa shape index (κ1) is 13.5. The van der Waals surface area contributed by atoms with Gasteiger partial charge in [-0.05, 0) is 50.0 Å². The highest BCUT2D eigenvalue weighted by molar-refractivity contribution is 5.15. The number of halogens is 1. The Morgan fingerprint density at radius 2 is 2.00 bits per heavy atom. The van der Waals surface area contributed by atoms with Gasteiger partial charge in [0, 0.05) is 19.1 Å². The molecule has 2 unspecified atom stereocenters. The zero-order valence-corrected chi connectivity index (χ0v) is 11.3. The molecule has 0 aliphatic carbocycles. The molecular weight excluding hydrogens is 227 g/mol. The van der Waals surface area contributed by atoms with Crippen molar-refractivity contribution < 1.29 is 4.39 Å². The highest BCUT2D eigenvalue weighted by Gasteiger charge is 2.16. The Morgan fingerprint density at radius 3 is 2.72 bits per heavy atom. The summed E-state index contributed by atoms with van der Waals surface area (Å²) >= 11 is 0. The monoisotopic (exact) mass is 250 g/mol. The van der Waals surface area contributed by atoms with E-state index in [9.17, 15) is 4.39 Å². The standard InChI is InChI=1S/C15H23FN2/c1-12-9-17-13(2)7-8-18(10-12)11-14-3-5-15(16)6-4-14/h3-6,12-13,17H,7-11H2,1-2H3. The lowest BCUT2D eigenvalue weighted by atomic mass is 10.1. The average Bonchev–Trinajstić information content (AvgIpc) is 2.34. The fraction of sp³-hybridized carbons (Fsp3) is 0.600. The first-order chi connectivity index (χ1) is 8.63. The third-order valence-electron chi connectivity index (χ3n) is 3.58. The van der Waals surface area contributed by atoms with Crippen LogP contribution in [0, 0.1) is 11.7 Å². The second-order valence-electron chi connectivity index (χ2n) is 5.56. The van der Waals surface area contributed by atoms with Crippen molar-refractivity contribution in [3.05, 3.63) is 35.6 Å². The van der Waals surface area contributed by atoms with Gasteiger partial charge >= 0.3 is 0 Å². The highest BCUT2D eigenvalue weighted by Crippen LogP contribution is 2.12. The molecule has 18 heavy (non-hydrogen) atoms. The lowest BCUT2D eigenvalue weighted by Crippen LogP contribution is -2.42. The van der Waals surface area contributed by atoms with E-state index in [2.05, 4.69) is 24.1 Å². The van der Waals surface area contributed by atoms with Crippen molar-refractivity contribution in [1.82, 2.24) is 10.2 Å². The molecule has 1 aromatic rings. The topological polar surface area (TPSA) is 15.3 Å². The van der Waals surface area contributed by atoms with Gasteiger partial charge in [0.2, 0.25) is 0 Å². The fourth-order valence-corrected chi connectivity index (χ4v) is 2.47. The van der Waals surface area contributed by atoms with Gasteiger partial charge in [0.25, 0.3) is 0 Å².